The number of hydrogen-bond donors (Lipinski definition) is 1. The van der Waals surface area contributed by atoms with E-state index < -0.39 is 46.2 Å². The number of alkyl halides is 4. The highest BCUT2D eigenvalue weighted by Crippen LogP contribution is 2.47. The van der Waals surface area contributed by atoms with E-state index in [4.69, 9.17) is 16.2 Å². The Morgan fingerprint density at radius 2 is 1.57 bits per heavy atom. The maximum Gasteiger partial charge on any atom is 0.447 e. The third-order valence-electron chi connectivity index (χ3n) is 2.48. The van der Waals surface area contributed by atoms with Crippen molar-refractivity contribution in [2.24, 2.45) is 0 Å². The molecule has 0 amide bonds. The molecule has 0 heterocycles. The Balaban J connectivity index is 3.73. The van der Waals surface area contributed by atoms with Crippen LogP contribution in [0.1, 0.15) is 0 Å². The van der Waals surface area contributed by atoms with Crippen LogP contribution in [-0.4, -0.2) is 38.2 Å². The van der Waals surface area contributed by atoms with Crippen molar-refractivity contribution >= 4 is 43.3 Å². The second kappa shape index (κ2) is 6.02. The van der Waals surface area contributed by atoms with Gasteiger partial charge in [-0.3, -0.25) is 4.55 Å². The highest BCUT2D eigenvalue weighted by Gasteiger charge is 2.74. The standard InChI is InChI=1S/C9H6ClF5O5S3/c1-21-4-2-5(10)7(6(11)3-4)22(16,17)8(12,13)9(14,15)23(18,19)20/h2-3H,1H3,(H,18,19,20). The molecule has 0 radical (unpaired) electrons. The molecule has 1 aromatic rings. The molecule has 1 rings (SSSR count). The van der Waals surface area contributed by atoms with Gasteiger partial charge < -0.3 is 0 Å². The van der Waals surface area contributed by atoms with Gasteiger partial charge in [-0.05, 0) is 18.4 Å². The average Bonchev–Trinajstić information content (AvgIpc) is 2.35. The minimum Gasteiger partial charge on any atom is -0.281 e. The van der Waals surface area contributed by atoms with Gasteiger partial charge in [0.15, 0.2) is 0 Å². The lowest BCUT2D eigenvalue weighted by Gasteiger charge is -2.24. The topological polar surface area (TPSA) is 88.5 Å². The molecule has 0 spiro atoms. The Labute approximate surface area is 136 Å². The first kappa shape index (κ1) is 20.4. The summed E-state index contributed by atoms with van der Waals surface area (Å²) in [5.41, 5.74) is 0. The Morgan fingerprint density at radius 3 is 1.91 bits per heavy atom. The summed E-state index contributed by atoms with van der Waals surface area (Å²) in [5, 5.41) is -14.0. The monoisotopic (exact) mass is 420 g/mol. The van der Waals surface area contributed by atoms with E-state index in [-0.39, 0.29) is 4.90 Å². The third-order valence-corrected chi connectivity index (χ3v) is 6.51. The Morgan fingerprint density at radius 1 is 1.09 bits per heavy atom. The summed E-state index contributed by atoms with van der Waals surface area (Å²) in [5.74, 6) is -1.88. The van der Waals surface area contributed by atoms with Crippen LogP contribution in [0.2, 0.25) is 5.02 Å². The summed E-state index contributed by atoms with van der Waals surface area (Å²) in [6, 6.07) is 1.15. The van der Waals surface area contributed by atoms with E-state index in [9.17, 15) is 38.8 Å². The maximum atomic E-state index is 13.7. The van der Waals surface area contributed by atoms with Crippen molar-refractivity contribution in [3.63, 3.8) is 0 Å². The fourth-order valence-corrected chi connectivity index (χ4v) is 4.53. The summed E-state index contributed by atoms with van der Waals surface area (Å²) in [6.45, 7) is 0. The third kappa shape index (κ3) is 3.16. The molecule has 0 aliphatic carbocycles. The zero-order valence-corrected chi connectivity index (χ0v) is 13.9. The lowest BCUT2D eigenvalue weighted by molar-refractivity contribution is -0.101. The van der Waals surface area contributed by atoms with Gasteiger partial charge >= 0.3 is 20.6 Å². The van der Waals surface area contributed by atoms with E-state index in [1.807, 2.05) is 0 Å². The van der Waals surface area contributed by atoms with Crippen LogP contribution in [0, 0.1) is 5.82 Å². The lowest BCUT2D eigenvalue weighted by atomic mass is 10.3. The van der Waals surface area contributed by atoms with Crippen LogP contribution in [-0.2, 0) is 20.0 Å². The van der Waals surface area contributed by atoms with Crippen LogP contribution in [0.4, 0.5) is 22.0 Å². The van der Waals surface area contributed by atoms with Crippen molar-refractivity contribution in [3.8, 4) is 0 Å². The second-order valence-corrected chi connectivity index (χ2v) is 8.61. The van der Waals surface area contributed by atoms with Crippen LogP contribution in [0.25, 0.3) is 0 Å². The summed E-state index contributed by atoms with van der Waals surface area (Å²) < 4.78 is 119. The first-order valence-corrected chi connectivity index (χ1v) is 9.64. The predicted octanol–water partition coefficient (Wildman–Crippen LogP) is 3.05. The molecule has 0 bridgehead atoms. The van der Waals surface area contributed by atoms with E-state index in [1.54, 1.807) is 0 Å². The van der Waals surface area contributed by atoms with Crippen molar-refractivity contribution in [1.82, 2.24) is 0 Å². The molecule has 0 aliphatic heterocycles. The molecule has 0 saturated heterocycles. The number of rotatable bonds is 5. The van der Waals surface area contributed by atoms with Gasteiger partial charge in [-0.2, -0.15) is 26.0 Å². The zero-order valence-electron chi connectivity index (χ0n) is 10.7. The quantitative estimate of drug-likeness (QED) is 0.447. The molecule has 132 valence electrons. The minimum absolute atomic E-state index is 0.00342. The molecule has 14 heteroatoms. The molecule has 23 heavy (non-hydrogen) atoms. The summed E-state index contributed by atoms with van der Waals surface area (Å²) >= 11 is 6.19. The number of sulfone groups is 1. The Bertz CT molecular complexity index is 814. The van der Waals surface area contributed by atoms with Crippen molar-refractivity contribution in [2.45, 2.75) is 20.3 Å². The van der Waals surface area contributed by atoms with Gasteiger partial charge in [-0.1, -0.05) is 11.6 Å². The highest BCUT2D eigenvalue weighted by atomic mass is 35.5. The number of hydrogen-bond acceptors (Lipinski definition) is 5. The van der Waals surface area contributed by atoms with Gasteiger partial charge in [0.25, 0.3) is 9.84 Å². The number of benzene rings is 1. The number of thioether (sulfide) groups is 1. The van der Waals surface area contributed by atoms with E-state index in [1.165, 1.54) is 6.26 Å². The SMILES string of the molecule is CSc1cc(F)c(S(=O)(=O)C(F)(F)C(F)(F)S(=O)(=O)O)c(Cl)c1. The normalized spacial score (nSPS) is 14.1. The van der Waals surface area contributed by atoms with Crippen LogP contribution in [0.5, 0.6) is 0 Å². The molecular weight excluding hydrogens is 415 g/mol. The van der Waals surface area contributed by atoms with Crippen LogP contribution < -0.4 is 0 Å². The molecule has 0 atom stereocenters. The first-order valence-electron chi connectivity index (χ1n) is 5.11. The van der Waals surface area contributed by atoms with E-state index in [0.29, 0.717) is 12.1 Å². The Kier molecular flexibility index (Phi) is 5.35. The average molecular weight is 421 g/mol. The smallest absolute Gasteiger partial charge is 0.281 e. The molecule has 1 N–H and O–H groups in total. The fourth-order valence-electron chi connectivity index (χ4n) is 1.35. The molecule has 0 aliphatic rings. The van der Waals surface area contributed by atoms with Gasteiger partial charge in [0.2, 0.25) is 0 Å². The molecule has 1 aromatic carbocycles. The summed E-state index contributed by atoms with van der Waals surface area (Å²) in [7, 11) is -13.4. The summed E-state index contributed by atoms with van der Waals surface area (Å²) in [4.78, 5) is -2.01. The molecule has 5 nitrogen and oxygen atoms in total. The maximum absolute atomic E-state index is 13.7. The fraction of sp³-hybridized carbons (Fsp3) is 0.333. The predicted molar refractivity (Wildman–Crippen MR) is 71.8 cm³/mol. The van der Waals surface area contributed by atoms with Gasteiger partial charge in [0.1, 0.15) is 10.7 Å². The molecular formula is C9H6ClF5O5S3. The van der Waals surface area contributed by atoms with E-state index in [0.717, 1.165) is 11.8 Å². The van der Waals surface area contributed by atoms with E-state index in [2.05, 4.69) is 0 Å². The molecule has 0 fully saturated rings. The number of halogens is 6. The van der Waals surface area contributed by atoms with Crippen molar-refractivity contribution in [3.05, 3.63) is 23.0 Å². The van der Waals surface area contributed by atoms with Gasteiger partial charge in [0, 0.05) is 4.90 Å². The highest BCUT2D eigenvalue weighted by molar-refractivity contribution is 7.98. The van der Waals surface area contributed by atoms with E-state index >= 15 is 0 Å². The van der Waals surface area contributed by atoms with Crippen LogP contribution in [0.3, 0.4) is 0 Å². The van der Waals surface area contributed by atoms with Gasteiger partial charge in [0.05, 0.1) is 5.02 Å². The molecule has 0 unspecified atom stereocenters. The zero-order chi connectivity index (χ0) is 18.4. The van der Waals surface area contributed by atoms with Crippen molar-refractivity contribution in [1.29, 1.82) is 0 Å². The second-order valence-electron chi connectivity index (χ2n) is 3.93. The largest absolute Gasteiger partial charge is 0.447 e. The Hall–Kier alpha value is -0.630. The lowest BCUT2D eigenvalue weighted by Crippen LogP contribution is -2.52. The van der Waals surface area contributed by atoms with Gasteiger partial charge in [-0.25, -0.2) is 12.8 Å². The van der Waals surface area contributed by atoms with Gasteiger partial charge in [-0.15, -0.1) is 11.8 Å². The van der Waals surface area contributed by atoms with Crippen LogP contribution in [0.15, 0.2) is 21.9 Å². The minimum atomic E-state index is -6.82. The van der Waals surface area contributed by atoms with Crippen LogP contribution >= 0.6 is 23.4 Å². The van der Waals surface area contributed by atoms with Crippen molar-refractivity contribution in [2.75, 3.05) is 6.26 Å². The molecule has 0 aromatic heterocycles. The summed E-state index contributed by atoms with van der Waals surface area (Å²) in [6.07, 6.45) is 1.40. The van der Waals surface area contributed by atoms with Crippen molar-refractivity contribution < 1.29 is 43.3 Å². The molecule has 0 saturated carbocycles. The first-order chi connectivity index (χ1) is 10.1.